The lowest BCUT2D eigenvalue weighted by atomic mass is 9.85. The quantitative estimate of drug-likeness (QED) is 0.822. The smallest absolute Gasteiger partial charge is 0.119 e. The molecule has 0 spiro atoms. The molecule has 3 atom stereocenters. The van der Waals surface area contributed by atoms with Gasteiger partial charge in [-0.25, -0.2) is 0 Å². The third kappa shape index (κ3) is 2.22. The number of hydrogen-bond donors (Lipinski definition) is 1. The van der Waals surface area contributed by atoms with Gasteiger partial charge in [0.15, 0.2) is 0 Å². The molecule has 2 fully saturated rings. The van der Waals surface area contributed by atoms with Crippen LogP contribution in [0.5, 0.6) is 5.75 Å². The molecule has 1 N–H and O–H groups in total. The van der Waals surface area contributed by atoms with E-state index in [4.69, 9.17) is 4.74 Å². The molecule has 86 valence electrons. The number of benzene rings is 1. The third-order valence-electron chi connectivity index (χ3n) is 3.72. The van der Waals surface area contributed by atoms with Crippen LogP contribution < -0.4 is 10.1 Å². The highest BCUT2D eigenvalue weighted by atomic mass is 16.5. The van der Waals surface area contributed by atoms with Gasteiger partial charge in [0.25, 0.3) is 0 Å². The van der Waals surface area contributed by atoms with Crippen LogP contribution in [0.25, 0.3) is 0 Å². The van der Waals surface area contributed by atoms with Gasteiger partial charge >= 0.3 is 0 Å². The molecule has 0 aromatic heterocycles. The van der Waals surface area contributed by atoms with Crippen LogP contribution in [0, 0.1) is 0 Å². The first-order valence-electron chi connectivity index (χ1n) is 6.38. The molecule has 1 aromatic carbocycles. The summed E-state index contributed by atoms with van der Waals surface area (Å²) >= 11 is 0. The molecule has 0 amide bonds. The van der Waals surface area contributed by atoms with Gasteiger partial charge in [0, 0.05) is 12.1 Å². The molecule has 2 saturated heterocycles. The van der Waals surface area contributed by atoms with Gasteiger partial charge in [-0.15, -0.1) is 0 Å². The lowest BCUT2D eigenvalue weighted by Crippen LogP contribution is -2.51. The average molecular weight is 217 g/mol. The van der Waals surface area contributed by atoms with Gasteiger partial charge in [-0.2, -0.15) is 0 Å². The van der Waals surface area contributed by atoms with E-state index in [1.807, 2.05) is 18.2 Å². The van der Waals surface area contributed by atoms with Gasteiger partial charge in [-0.3, -0.25) is 0 Å². The van der Waals surface area contributed by atoms with E-state index in [2.05, 4.69) is 17.4 Å². The molecular formula is C14H19NO. The van der Waals surface area contributed by atoms with Gasteiger partial charge in [-0.05, 0) is 37.8 Å². The van der Waals surface area contributed by atoms with E-state index in [0.29, 0.717) is 18.2 Å². The van der Waals surface area contributed by atoms with E-state index in [1.54, 1.807) is 0 Å². The molecule has 1 unspecified atom stereocenters. The van der Waals surface area contributed by atoms with Crippen molar-refractivity contribution in [3.05, 3.63) is 30.3 Å². The first kappa shape index (κ1) is 10.2. The molecule has 0 saturated carbocycles. The van der Waals surface area contributed by atoms with E-state index in [1.165, 1.54) is 32.1 Å². The van der Waals surface area contributed by atoms with E-state index in [9.17, 15) is 0 Å². The molecule has 0 radical (unpaired) electrons. The minimum atomic E-state index is 0.416. The average Bonchev–Trinajstić information content (AvgIpc) is 2.30. The van der Waals surface area contributed by atoms with Crippen LogP contribution in [0.15, 0.2) is 30.3 Å². The Labute approximate surface area is 97.0 Å². The number of piperidine rings is 2. The Bertz CT molecular complexity index is 326. The van der Waals surface area contributed by atoms with Crippen molar-refractivity contribution in [2.75, 3.05) is 0 Å². The minimum Gasteiger partial charge on any atom is -0.490 e. The highest BCUT2D eigenvalue weighted by Gasteiger charge is 2.32. The molecular weight excluding hydrogens is 198 g/mol. The molecule has 2 bridgehead atoms. The number of nitrogens with one attached hydrogen (secondary N) is 1. The molecule has 2 nitrogen and oxygen atoms in total. The van der Waals surface area contributed by atoms with Gasteiger partial charge in [-0.1, -0.05) is 24.6 Å². The first-order valence-corrected chi connectivity index (χ1v) is 6.38. The van der Waals surface area contributed by atoms with Crippen molar-refractivity contribution in [2.45, 2.75) is 50.3 Å². The second kappa shape index (κ2) is 4.46. The van der Waals surface area contributed by atoms with Crippen molar-refractivity contribution in [1.29, 1.82) is 0 Å². The normalized spacial score (nSPS) is 33.4. The summed E-state index contributed by atoms with van der Waals surface area (Å²) in [6, 6.07) is 11.6. The lowest BCUT2D eigenvalue weighted by Gasteiger charge is -2.40. The molecule has 2 aliphatic heterocycles. The zero-order valence-corrected chi connectivity index (χ0v) is 9.56. The van der Waals surface area contributed by atoms with Gasteiger partial charge in [0.05, 0.1) is 0 Å². The number of fused-ring (bicyclic) bond motifs is 2. The summed E-state index contributed by atoms with van der Waals surface area (Å²) in [5.41, 5.74) is 0. The van der Waals surface area contributed by atoms with Gasteiger partial charge in [0.2, 0.25) is 0 Å². The van der Waals surface area contributed by atoms with Crippen molar-refractivity contribution >= 4 is 0 Å². The zero-order chi connectivity index (χ0) is 10.8. The molecule has 2 aliphatic rings. The predicted octanol–water partition coefficient (Wildman–Crippen LogP) is 2.74. The molecule has 2 heteroatoms. The standard InChI is InChI=1S/C14H19NO/c1-2-7-13(8-3-1)16-14-9-11-5-4-6-12(10-14)15-11/h1-3,7-8,11-12,14-15H,4-6,9-10H2/t11-,12+,14?. The number of hydrogen-bond acceptors (Lipinski definition) is 2. The maximum Gasteiger partial charge on any atom is 0.119 e. The summed E-state index contributed by atoms with van der Waals surface area (Å²) in [5, 5.41) is 3.69. The van der Waals surface area contributed by atoms with Crippen LogP contribution in [0.2, 0.25) is 0 Å². The Balaban J connectivity index is 1.63. The van der Waals surface area contributed by atoms with Crippen LogP contribution in [0.1, 0.15) is 32.1 Å². The third-order valence-corrected chi connectivity index (χ3v) is 3.72. The summed E-state index contributed by atoms with van der Waals surface area (Å²) in [4.78, 5) is 0. The largest absolute Gasteiger partial charge is 0.490 e. The molecule has 3 rings (SSSR count). The summed E-state index contributed by atoms with van der Waals surface area (Å²) in [6.07, 6.45) is 6.80. The van der Waals surface area contributed by atoms with E-state index < -0.39 is 0 Å². The second-order valence-corrected chi connectivity index (χ2v) is 5.02. The van der Waals surface area contributed by atoms with Crippen LogP contribution in [0.3, 0.4) is 0 Å². The summed E-state index contributed by atoms with van der Waals surface area (Å²) in [5.74, 6) is 1.02. The van der Waals surface area contributed by atoms with Crippen LogP contribution in [-0.4, -0.2) is 18.2 Å². The van der Waals surface area contributed by atoms with E-state index >= 15 is 0 Å². The maximum atomic E-state index is 6.05. The first-order chi connectivity index (χ1) is 7.90. The topological polar surface area (TPSA) is 21.3 Å². The van der Waals surface area contributed by atoms with Crippen molar-refractivity contribution in [3.63, 3.8) is 0 Å². The van der Waals surface area contributed by atoms with Crippen LogP contribution in [0.4, 0.5) is 0 Å². The molecule has 2 heterocycles. The Kier molecular flexibility index (Phi) is 2.83. The number of rotatable bonds is 2. The highest BCUT2D eigenvalue weighted by Crippen LogP contribution is 2.28. The van der Waals surface area contributed by atoms with Gasteiger partial charge < -0.3 is 10.1 Å². The Morgan fingerprint density at radius 2 is 1.69 bits per heavy atom. The van der Waals surface area contributed by atoms with E-state index in [0.717, 1.165) is 5.75 Å². The van der Waals surface area contributed by atoms with Gasteiger partial charge in [0.1, 0.15) is 11.9 Å². The van der Waals surface area contributed by atoms with Crippen molar-refractivity contribution in [2.24, 2.45) is 0 Å². The Hall–Kier alpha value is -1.02. The zero-order valence-electron chi connectivity index (χ0n) is 9.56. The maximum absolute atomic E-state index is 6.05. The fourth-order valence-corrected chi connectivity index (χ4v) is 3.00. The lowest BCUT2D eigenvalue weighted by molar-refractivity contribution is 0.0927. The summed E-state index contributed by atoms with van der Waals surface area (Å²) in [6.45, 7) is 0. The van der Waals surface area contributed by atoms with Crippen LogP contribution in [-0.2, 0) is 0 Å². The van der Waals surface area contributed by atoms with E-state index in [-0.39, 0.29) is 0 Å². The molecule has 0 aliphatic carbocycles. The highest BCUT2D eigenvalue weighted by molar-refractivity contribution is 5.21. The van der Waals surface area contributed by atoms with Crippen molar-refractivity contribution in [3.8, 4) is 5.75 Å². The number of ether oxygens (including phenoxy) is 1. The summed E-state index contributed by atoms with van der Waals surface area (Å²) < 4.78 is 6.05. The molecule has 1 aromatic rings. The Morgan fingerprint density at radius 1 is 1.00 bits per heavy atom. The van der Waals surface area contributed by atoms with Crippen molar-refractivity contribution in [1.82, 2.24) is 5.32 Å². The summed E-state index contributed by atoms with van der Waals surface area (Å²) in [7, 11) is 0. The fourth-order valence-electron chi connectivity index (χ4n) is 3.00. The second-order valence-electron chi connectivity index (χ2n) is 5.02. The Morgan fingerprint density at radius 3 is 2.38 bits per heavy atom. The fraction of sp³-hybridized carbons (Fsp3) is 0.571. The minimum absolute atomic E-state index is 0.416. The predicted molar refractivity (Wildman–Crippen MR) is 64.7 cm³/mol. The van der Waals surface area contributed by atoms with Crippen molar-refractivity contribution < 1.29 is 4.74 Å². The SMILES string of the molecule is c1ccc(OC2C[C@H]3CCC[C@@H](C2)N3)cc1. The monoisotopic (exact) mass is 217 g/mol. The molecule has 16 heavy (non-hydrogen) atoms. The number of para-hydroxylation sites is 1. The van der Waals surface area contributed by atoms with Crippen LogP contribution >= 0.6 is 0 Å².